The smallest absolute Gasteiger partial charge is 0.254 e. The van der Waals surface area contributed by atoms with Crippen LogP contribution in [0.1, 0.15) is 22.0 Å². The fourth-order valence-electron chi connectivity index (χ4n) is 3.36. The largest absolute Gasteiger partial charge is 0.370 e. The van der Waals surface area contributed by atoms with Crippen LogP contribution in [0.2, 0.25) is 0 Å². The second-order valence-corrected chi connectivity index (χ2v) is 6.19. The molecule has 2 heterocycles. The van der Waals surface area contributed by atoms with Gasteiger partial charge in [-0.15, -0.1) is 0 Å². The molecule has 1 amide bonds. The third-order valence-corrected chi connectivity index (χ3v) is 4.68. The van der Waals surface area contributed by atoms with Crippen molar-refractivity contribution in [1.82, 2.24) is 9.47 Å². The van der Waals surface area contributed by atoms with Gasteiger partial charge in [0, 0.05) is 36.3 Å². The molecular formula is C20H20N2O2. The van der Waals surface area contributed by atoms with E-state index in [2.05, 4.69) is 12.1 Å². The van der Waals surface area contributed by atoms with Gasteiger partial charge in [-0.1, -0.05) is 36.4 Å². The first-order valence-electron chi connectivity index (χ1n) is 8.24. The highest BCUT2D eigenvalue weighted by molar-refractivity contribution is 6.06. The van der Waals surface area contributed by atoms with Crippen molar-refractivity contribution in [3.63, 3.8) is 0 Å². The molecule has 1 aliphatic heterocycles. The van der Waals surface area contributed by atoms with Crippen LogP contribution in [-0.4, -0.2) is 35.1 Å². The number of aryl methyl sites for hydroxylation is 1. The van der Waals surface area contributed by atoms with Crippen LogP contribution in [0.5, 0.6) is 0 Å². The summed E-state index contributed by atoms with van der Waals surface area (Å²) in [4.78, 5) is 15.0. The molecule has 4 nitrogen and oxygen atoms in total. The molecule has 1 saturated heterocycles. The van der Waals surface area contributed by atoms with Gasteiger partial charge >= 0.3 is 0 Å². The van der Waals surface area contributed by atoms with Crippen LogP contribution in [-0.2, 0) is 11.8 Å². The number of carbonyl (C=O) groups is 1. The Hall–Kier alpha value is -2.59. The fourth-order valence-corrected chi connectivity index (χ4v) is 3.36. The minimum Gasteiger partial charge on any atom is -0.370 e. The molecule has 0 saturated carbocycles. The maximum absolute atomic E-state index is 13.1. The molecule has 1 aromatic heterocycles. The topological polar surface area (TPSA) is 34.5 Å². The number of benzene rings is 2. The third-order valence-electron chi connectivity index (χ3n) is 4.68. The van der Waals surface area contributed by atoms with E-state index in [1.54, 1.807) is 0 Å². The molecule has 0 aliphatic carbocycles. The normalized spacial score (nSPS) is 18.0. The standard InChI is InChI=1S/C20H20N2O2/c1-21-11-10-16-17(8-5-9-18(16)21)20(23)22-12-13-24-19(14-22)15-6-3-2-4-7-15/h2-11,19H,12-14H2,1H3. The van der Waals surface area contributed by atoms with Gasteiger partial charge < -0.3 is 14.2 Å². The van der Waals surface area contributed by atoms with E-state index in [9.17, 15) is 4.79 Å². The quantitative estimate of drug-likeness (QED) is 0.725. The van der Waals surface area contributed by atoms with E-state index >= 15 is 0 Å². The highest BCUT2D eigenvalue weighted by Crippen LogP contribution is 2.25. The zero-order chi connectivity index (χ0) is 16.5. The molecule has 122 valence electrons. The Morgan fingerprint density at radius 1 is 1.08 bits per heavy atom. The van der Waals surface area contributed by atoms with Crippen LogP contribution < -0.4 is 0 Å². The summed E-state index contributed by atoms with van der Waals surface area (Å²) in [5, 5.41) is 1.01. The van der Waals surface area contributed by atoms with Gasteiger partial charge in [0.25, 0.3) is 5.91 Å². The van der Waals surface area contributed by atoms with Gasteiger partial charge in [-0.05, 0) is 23.8 Å². The number of morpholine rings is 1. The van der Waals surface area contributed by atoms with Crippen LogP contribution in [0.25, 0.3) is 10.9 Å². The van der Waals surface area contributed by atoms with Crippen molar-refractivity contribution in [1.29, 1.82) is 0 Å². The van der Waals surface area contributed by atoms with Gasteiger partial charge in [0.2, 0.25) is 0 Å². The van der Waals surface area contributed by atoms with E-state index in [0.29, 0.717) is 19.7 Å². The lowest BCUT2D eigenvalue weighted by Gasteiger charge is -2.33. The lowest BCUT2D eigenvalue weighted by atomic mass is 10.1. The van der Waals surface area contributed by atoms with Crippen molar-refractivity contribution in [2.45, 2.75) is 6.10 Å². The van der Waals surface area contributed by atoms with Gasteiger partial charge in [0.05, 0.1) is 13.2 Å². The van der Waals surface area contributed by atoms with Crippen LogP contribution in [0.3, 0.4) is 0 Å². The Bertz CT molecular complexity index is 870. The number of nitrogens with zero attached hydrogens (tertiary/aromatic N) is 2. The third kappa shape index (κ3) is 2.59. The monoisotopic (exact) mass is 320 g/mol. The summed E-state index contributed by atoms with van der Waals surface area (Å²) in [5.41, 5.74) is 2.96. The summed E-state index contributed by atoms with van der Waals surface area (Å²) in [5.74, 6) is 0.0797. The van der Waals surface area contributed by atoms with Crippen LogP contribution >= 0.6 is 0 Å². The minimum absolute atomic E-state index is 0.0566. The van der Waals surface area contributed by atoms with E-state index in [1.807, 2.05) is 65.2 Å². The molecule has 3 aromatic rings. The van der Waals surface area contributed by atoms with Crippen LogP contribution in [0.4, 0.5) is 0 Å². The lowest BCUT2D eigenvalue weighted by Crippen LogP contribution is -2.42. The molecule has 4 heteroatoms. The summed E-state index contributed by atoms with van der Waals surface area (Å²) in [6.45, 7) is 1.79. The Morgan fingerprint density at radius 2 is 1.92 bits per heavy atom. The molecule has 1 unspecified atom stereocenters. The predicted octanol–water partition coefficient (Wildman–Crippen LogP) is 3.39. The molecule has 0 radical (unpaired) electrons. The molecule has 0 bridgehead atoms. The second-order valence-electron chi connectivity index (χ2n) is 6.19. The van der Waals surface area contributed by atoms with Crippen LogP contribution in [0.15, 0.2) is 60.8 Å². The highest BCUT2D eigenvalue weighted by Gasteiger charge is 2.27. The van der Waals surface area contributed by atoms with Gasteiger partial charge in [-0.3, -0.25) is 4.79 Å². The van der Waals surface area contributed by atoms with Crippen molar-refractivity contribution in [3.05, 3.63) is 71.9 Å². The van der Waals surface area contributed by atoms with E-state index in [-0.39, 0.29) is 12.0 Å². The van der Waals surface area contributed by atoms with Gasteiger partial charge in [-0.2, -0.15) is 0 Å². The van der Waals surface area contributed by atoms with Crippen LogP contribution in [0, 0.1) is 0 Å². The number of hydrogen-bond donors (Lipinski definition) is 0. The molecule has 1 fully saturated rings. The Balaban J connectivity index is 1.62. The molecule has 4 rings (SSSR count). The lowest BCUT2D eigenvalue weighted by molar-refractivity contribution is -0.0227. The first-order chi connectivity index (χ1) is 11.7. The minimum atomic E-state index is -0.0566. The molecule has 1 atom stereocenters. The van der Waals surface area contributed by atoms with Crippen molar-refractivity contribution in [2.24, 2.45) is 7.05 Å². The van der Waals surface area contributed by atoms with Crippen molar-refractivity contribution >= 4 is 16.8 Å². The summed E-state index contributed by atoms with van der Waals surface area (Å²) in [6, 6.07) is 18.0. The predicted molar refractivity (Wildman–Crippen MR) is 94.0 cm³/mol. The van der Waals surface area contributed by atoms with E-state index < -0.39 is 0 Å². The maximum Gasteiger partial charge on any atom is 0.254 e. The average Bonchev–Trinajstić information content (AvgIpc) is 3.03. The number of rotatable bonds is 2. The molecule has 24 heavy (non-hydrogen) atoms. The molecule has 2 aromatic carbocycles. The van der Waals surface area contributed by atoms with E-state index in [4.69, 9.17) is 4.74 Å². The van der Waals surface area contributed by atoms with Crippen molar-refractivity contribution in [2.75, 3.05) is 19.7 Å². The second kappa shape index (κ2) is 6.13. The van der Waals surface area contributed by atoms with Crippen molar-refractivity contribution < 1.29 is 9.53 Å². The summed E-state index contributed by atoms with van der Waals surface area (Å²) in [7, 11) is 2.00. The summed E-state index contributed by atoms with van der Waals surface area (Å²) < 4.78 is 7.91. The number of fused-ring (bicyclic) bond motifs is 1. The van der Waals surface area contributed by atoms with E-state index in [1.165, 1.54) is 0 Å². The molecule has 1 aliphatic rings. The number of aromatic nitrogens is 1. The maximum atomic E-state index is 13.1. The molecule has 0 spiro atoms. The zero-order valence-electron chi connectivity index (χ0n) is 13.7. The first-order valence-corrected chi connectivity index (χ1v) is 8.24. The van der Waals surface area contributed by atoms with Gasteiger partial charge in [0.15, 0.2) is 0 Å². The fraction of sp³-hybridized carbons (Fsp3) is 0.250. The zero-order valence-corrected chi connectivity index (χ0v) is 13.7. The number of hydrogen-bond acceptors (Lipinski definition) is 2. The average molecular weight is 320 g/mol. The Labute approximate surface area is 141 Å². The number of amides is 1. The highest BCUT2D eigenvalue weighted by atomic mass is 16.5. The van der Waals surface area contributed by atoms with Crippen molar-refractivity contribution in [3.8, 4) is 0 Å². The SMILES string of the molecule is Cn1ccc2c(C(=O)N3CCOC(c4ccccc4)C3)cccc21. The number of carbonyl (C=O) groups excluding carboxylic acids is 1. The number of ether oxygens (including phenoxy) is 1. The molecule has 0 N–H and O–H groups in total. The van der Waals surface area contributed by atoms with E-state index in [0.717, 1.165) is 22.0 Å². The Morgan fingerprint density at radius 3 is 2.75 bits per heavy atom. The first kappa shape index (κ1) is 15.0. The summed E-state index contributed by atoms with van der Waals surface area (Å²) >= 11 is 0. The summed E-state index contributed by atoms with van der Waals surface area (Å²) in [6.07, 6.45) is 1.94. The van der Waals surface area contributed by atoms with Gasteiger partial charge in [0.1, 0.15) is 6.10 Å². The molecular weight excluding hydrogens is 300 g/mol. The van der Waals surface area contributed by atoms with Gasteiger partial charge in [-0.25, -0.2) is 0 Å². The Kier molecular flexibility index (Phi) is 3.82.